The van der Waals surface area contributed by atoms with Crippen LogP contribution >= 0.6 is 0 Å². The van der Waals surface area contributed by atoms with Crippen LogP contribution in [-0.4, -0.2) is 12.9 Å². The second kappa shape index (κ2) is 6.58. The van der Waals surface area contributed by atoms with Crippen LogP contribution in [0.15, 0.2) is 24.3 Å². The first-order valence-corrected chi connectivity index (χ1v) is 6.61. The Balaban J connectivity index is 2.48. The fourth-order valence-electron chi connectivity index (χ4n) is 2.35. The van der Waals surface area contributed by atoms with E-state index in [1.807, 2.05) is 18.2 Å². The van der Waals surface area contributed by atoms with Gasteiger partial charge in [0.2, 0.25) is 0 Å². The van der Waals surface area contributed by atoms with Crippen molar-refractivity contribution in [3.63, 3.8) is 0 Å². The monoisotopic (exact) mass is 248 g/mol. The molecule has 0 bridgehead atoms. The van der Waals surface area contributed by atoms with E-state index in [4.69, 9.17) is 4.74 Å². The number of hydrogen-bond acceptors (Lipinski definition) is 2. The van der Waals surface area contributed by atoms with E-state index in [-0.39, 0.29) is 5.41 Å². The molecule has 2 nitrogen and oxygen atoms in total. The van der Waals surface area contributed by atoms with E-state index in [2.05, 4.69) is 27.7 Å². The first kappa shape index (κ1) is 14.7. The van der Waals surface area contributed by atoms with Gasteiger partial charge >= 0.3 is 0 Å². The predicted molar refractivity (Wildman–Crippen MR) is 75.2 cm³/mol. The summed E-state index contributed by atoms with van der Waals surface area (Å²) < 4.78 is 5.71. The molecule has 0 atom stereocenters. The molecule has 0 saturated heterocycles. The molecule has 0 fully saturated rings. The summed E-state index contributed by atoms with van der Waals surface area (Å²) in [4.78, 5) is 10.9. The van der Waals surface area contributed by atoms with Gasteiger partial charge in [-0.05, 0) is 36.3 Å². The third-order valence-corrected chi connectivity index (χ3v) is 3.04. The molecule has 0 unspecified atom stereocenters. The van der Waals surface area contributed by atoms with Crippen molar-refractivity contribution in [3.8, 4) is 5.75 Å². The first-order chi connectivity index (χ1) is 8.44. The Morgan fingerprint density at radius 3 is 2.56 bits per heavy atom. The van der Waals surface area contributed by atoms with Crippen molar-refractivity contribution in [1.82, 2.24) is 0 Å². The Morgan fingerprint density at radius 2 is 1.94 bits per heavy atom. The van der Waals surface area contributed by atoms with Gasteiger partial charge < -0.3 is 4.74 Å². The van der Waals surface area contributed by atoms with Gasteiger partial charge in [0.1, 0.15) is 5.75 Å². The summed E-state index contributed by atoms with van der Waals surface area (Å²) in [5.41, 5.74) is 0.906. The van der Waals surface area contributed by atoms with Crippen molar-refractivity contribution in [2.45, 2.75) is 40.5 Å². The van der Waals surface area contributed by atoms with Gasteiger partial charge in [-0.2, -0.15) is 0 Å². The van der Waals surface area contributed by atoms with Gasteiger partial charge in [-0.15, -0.1) is 0 Å². The van der Waals surface area contributed by atoms with E-state index in [1.165, 1.54) is 6.42 Å². The number of aldehydes is 1. The molecule has 0 N–H and O–H groups in total. The van der Waals surface area contributed by atoms with Crippen LogP contribution in [0.3, 0.4) is 0 Å². The minimum absolute atomic E-state index is 0.282. The highest BCUT2D eigenvalue weighted by atomic mass is 16.5. The Labute approximate surface area is 110 Å². The molecule has 0 aliphatic heterocycles. The number of ether oxygens (including phenoxy) is 1. The standard InChI is InChI=1S/C16H24O2/c1-13(2)11-16(3,4)9-10-18-15-8-6-5-7-14(15)12-17/h5-8,12-13H,9-11H2,1-4H3. The van der Waals surface area contributed by atoms with E-state index in [0.717, 1.165) is 12.7 Å². The van der Waals surface area contributed by atoms with Crippen molar-refractivity contribution in [3.05, 3.63) is 29.8 Å². The van der Waals surface area contributed by atoms with Crippen molar-refractivity contribution in [1.29, 1.82) is 0 Å². The van der Waals surface area contributed by atoms with Gasteiger partial charge in [-0.1, -0.05) is 39.8 Å². The fraction of sp³-hybridized carbons (Fsp3) is 0.562. The second-order valence-corrected chi connectivity index (χ2v) is 6.02. The van der Waals surface area contributed by atoms with Crippen LogP contribution in [0, 0.1) is 11.3 Å². The van der Waals surface area contributed by atoms with Crippen LogP contribution in [0.4, 0.5) is 0 Å². The van der Waals surface area contributed by atoms with Gasteiger partial charge in [0.15, 0.2) is 6.29 Å². The van der Waals surface area contributed by atoms with Crippen molar-refractivity contribution in [2.24, 2.45) is 11.3 Å². The molecule has 0 aromatic heterocycles. The lowest BCUT2D eigenvalue weighted by Gasteiger charge is -2.26. The van der Waals surface area contributed by atoms with Crippen LogP contribution in [0.1, 0.15) is 50.9 Å². The lowest BCUT2D eigenvalue weighted by molar-refractivity contribution is 0.111. The number of para-hydroxylation sites is 1. The number of benzene rings is 1. The minimum Gasteiger partial charge on any atom is -0.493 e. The fourth-order valence-corrected chi connectivity index (χ4v) is 2.35. The molecule has 2 heteroatoms. The maximum absolute atomic E-state index is 10.9. The van der Waals surface area contributed by atoms with Crippen LogP contribution in [-0.2, 0) is 0 Å². The second-order valence-electron chi connectivity index (χ2n) is 6.02. The quantitative estimate of drug-likeness (QED) is 0.671. The molecule has 0 saturated carbocycles. The highest BCUT2D eigenvalue weighted by molar-refractivity contribution is 5.79. The summed E-state index contributed by atoms with van der Waals surface area (Å²) in [5.74, 6) is 1.38. The Hall–Kier alpha value is -1.31. The Kier molecular flexibility index (Phi) is 5.39. The normalized spacial score (nSPS) is 11.6. The summed E-state index contributed by atoms with van der Waals surface area (Å²) in [7, 11) is 0. The average Bonchev–Trinajstić information content (AvgIpc) is 2.27. The number of rotatable bonds is 7. The molecule has 1 aromatic rings. The zero-order valence-corrected chi connectivity index (χ0v) is 11.9. The molecular formula is C16H24O2. The topological polar surface area (TPSA) is 26.3 Å². The molecule has 1 aromatic carbocycles. The van der Waals surface area contributed by atoms with Gasteiger partial charge in [0, 0.05) is 0 Å². The zero-order valence-electron chi connectivity index (χ0n) is 11.9. The van der Waals surface area contributed by atoms with E-state index < -0.39 is 0 Å². The smallest absolute Gasteiger partial charge is 0.153 e. The molecule has 1 rings (SSSR count). The predicted octanol–water partition coefficient (Wildman–Crippen LogP) is 4.34. The van der Waals surface area contributed by atoms with E-state index >= 15 is 0 Å². The third kappa shape index (κ3) is 4.91. The summed E-state index contributed by atoms with van der Waals surface area (Å²) >= 11 is 0. The summed E-state index contributed by atoms with van der Waals surface area (Å²) in [6.07, 6.45) is 3.03. The SMILES string of the molecule is CC(C)CC(C)(C)CCOc1ccccc1C=O. The van der Waals surface area contributed by atoms with Crippen LogP contribution < -0.4 is 4.74 Å². The molecule has 0 radical (unpaired) electrons. The Bertz CT molecular complexity index is 380. The van der Waals surface area contributed by atoms with Gasteiger partial charge in [-0.3, -0.25) is 4.79 Å². The molecule has 0 spiro atoms. The zero-order chi connectivity index (χ0) is 13.6. The number of carbonyl (C=O) groups excluding carboxylic acids is 1. The van der Waals surface area contributed by atoms with Crippen molar-refractivity contribution >= 4 is 6.29 Å². The van der Waals surface area contributed by atoms with Crippen molar-refractivity contribution in [2.75, 3.05) is 6.61 Å². The number of carbonyl (C=O) groups is 1. The molecule has 0 aliphatic rings. The van der Waals surface area contributed by atoms with E-state index in [0.29, 0.717) is 23.8 Å². The molecule has 0 heterocycles. The van der Waals surface area contributed by atoms with Gasteiger partial charge in [0.25, 0.3) is 0 Å². The van der Waals surface area contributed by atoms with Gasteiger partial charge in [0.05, 0.1) is 12.2 Å². The molecule has 100 valence electrons. The summed E-state index contributed by atoms with van der Waals surface area (Å²) in [6, 6.07) is 7.36. The van der Waals surface area contributed by atoms with Crippen molar-refractivity contribution < 1.29 is 9.53 Å². The highest BCUT2D eigenvalue weighted by Crippen LogP contribution is 2.29. The van der Waals surface area contributed by atoms with E-state index in [9.17, 15) is 4.79 Å². The average molecular weight is 248 g/mol. The maximum atomic E-state index is 10.9. The van der Waals surface area contributed by atoms with E-state index in [1.54, 1.807) is 6.07 Å². The number of hydrogen-bond donors (Lipinski definition) is 0. The third-order valence-electron chi connectivity index (χ3n) is 3.04. The largest absolute Gasteiger partial charge is 0.493 e. The lowest BCUT2D eigenvalue weighted by Crippen LogP contribution is -2.18. The molecule has 18 heavy (non-hydrogen) atoms. The van der Waals surface area contributed by atoms with Gasteiger partial charge in [-0.25, -0.2) is 0 Å². The highest BCUT2D eigenvalue weighted by Gasteiger charge is 2.19. The van der Waals surface area contributed by atoms with Crippen LogP contribution in [0.25, 0.3) is 0 Å². The summed E-state index contributed by atoms with van der Waals surface area (Å²) in [6.45, 7) is 9.67. The molecular weight excluding hydrogens is 224 g/mol. The molecule has 0 aliphatic carbocycles. The minimum atomic E-state index is 0.282. The van der Waals surface area contributed by atoms with Crippen LogP contribution in [0.5, 0.6) is 5.75 Å². The first-order valence-electron chi connectivity index (χ1n) is 6.61. The molecule has 0 amide bonds. The Morgan fingerprint density at radius 1 is 1.28 bits per heavy atom. The lowest BCUT2D eigenvalue weighted by atomic mass is 9.81. The summed E-state index contributed by atoms with van der Waals surface area (Å²) in [5, 5.41) is 0. The van der Waals surface area contributed by atoms with Crippen LogP contribution in [0.2, 0.25) is 0 Å². The maximum Gasteiger partial charge on any atom is 0.153 e.